The lowest BCUT2D eigenvalue weighted by atomic mass is 9.99. The number of aromatic nitrogens is 1. The summed E-state index contributed by atoms with van der Waals surface area (Å²) in [6.45, 7) is 2.75. The molecule has 0 spiro atoms. The van der Waals surface area contributed by atoms with Crippen molar-refractivity contribution >= 4 is 11.6 Å². The highest BCUT2D eigenvalue weighted by Crippen LogP contribution is 2.29. The van der Waals surface area contributed by atoms with E-state index in [-0.39, 0.29) is 11.7 Å². The Balaban J connectivity index is 1.93. The second-order valence-electron chi connectivity index (χ2n) is 4.93. The first-order valence-electron chi connectivity index (χ1n) is 6.61. The van der Waals surface area contributed by atoms with Gasteiger partial charge in [0.15, 0.2) is 0 Å². The van der Waals surface area contributed by atoms with Crippen LogP contribution in [0.5, 0.6) is 5.88 Å². The molecule has 5 nitrogen and oxygen atoms in total. The lowest BCUT2D eigenvalue weighted by molar-refractivity contribution is 0.0949. The zero-order chi connectivity index (χ0) is 14.1. The van der Waals surface area contributed by atoms with Crippen LogP contribution in [0.3, 0.4) is 0 Å². The van der Waals surface area contributed by atoms with Crippen LogP contribution in [-0.4, -0.2) is 24.7 Å². The largest absolute Gasteiger partial charge is 0.479 e. The van der Waals surface area contributed by atoms with Gasteiger partial charge in [0.25, 0.3) is 11.8 Å². The molecule has 0 saturated heterocycles. The molecular weight excluding hydrogens is 256 g/mol. The van der Waals surface area contributed by atoms with Crippen LogP contribution in [0.2, 0.25) is 0 Å². The zero-order valence-electron chi connectivity index (χ0n) is 11.5. The zero-order valence-corrected chi connectivity index (χ0v) is 11.5. The number of amides is 1. The summed E-state index contributed by atoms with van der Waals surface area (Å²) in [7, 11) is 1.49. The number of hydrogen-bond acceptors (Lipinski definition) is 4. The second kappa shape index (κ2) is 5.00. The first kappa shape index (κ1) is 12.7. The number of ether oxygens (including phenoxy) is 1. The molecule has 0 unspecified atom stereocenters. The average molecular weight is 272 g/mol. The molecule has 3 rings (SSSR count). The summed E-state index contributed by atoms with van der Waals surface area (Å²) in [6, 6.07) is 7.67. The van der Waals surface area contributed by atoms with Gasteiger partial charge < -0.3 is 14.2 Å². The summed E-state index contributed by atoms with van der Waals surface area (Å²) in [5, 5.41) is 3.68. The summed E-state index contributed by atoms with van der Waals surface area (Å²) < 4.78 is 9.99. The van der Waals surface area contributed by atoms with Crippen LogP contribution in [0.4, 0.5) is 5.69 Å². The Morgan fingerprint density at radius 2 is 2.25 bits per heavy atom. The van der Waals surface area contributed by atoms with Crippen molar-refractivity contribution in [1.82, 2.24) is 5.16 Å². The van der Waals surface area contributed by atoms with Crippen LogP contribution in [0.25, 0.3) is 0 Å². The molecule has 0 atom stereocenters. The van der Waals surface area contributed by atoms with Crippen LogP contribution in [0.15, 0.2) is 28.8 Å². The quantitative estimate of drug-likeness (QED) is 0.843. The van der Waals surface area contributed by atoms with E-state index >= 15 is 0 Å². The highest BCUT2D eigenvalue weighted by atomic mass is 16.5. The van der Waals surface area contributed by atoms with Crippen LogP contribution in [0, 0.1) is 6.92 Å². The minimum Gasteiger partial charge on any atom is -0.479 e. The Morgan fingerprint density at radius 1 is 1.40 bits per heavy atom. The van der Waals surface area contributed by atoms with Gasteiger partial charge in [0, 0.05) is 12.2 Å². The van der Waals surface area contributed by atoms with Crippen molar-refractivity contribution in [2.45, 2.75) is 19.8 Å². The monoisotopic (exact) mass is 272 g/mol. The van der Waals surface area contributed by atoms with E-state index in [4.69, 9.17) is 9.26 Å². The lowest BCUT2D eigenvalue weighted by Gasteiger charge is -2.28. The molecule has 0 fully saturated rings. The summed E-state index contributed by atoms with van der Waals surface area (Å²) in [5.41, 5.74) is 3.37. The van der Waals surface area contributed by atoms with Gasteiger partial charge in [0.1, 0.15) is 0 Å². The van der Waals surface area contributed by atoms with Crippen LogP contribution >= 0.6 is 0 Å². The summed E-state index contributed by atoms with van der Waals surface area (Å²) in [6.07, 6.45) is 1.95. The molecule has 20 heavy (non-hydrogen) atoms. The molecule has 1 amide bonds. The number of hydrogen-bond donors (Lipinski definition) is 0. The number of nitrogens with zero attached hydrogens (tertiary/aromatic N) is 2. The molecule has 0 radical (unpaired) electrons. The minimum absolute atomic E-state index is 0.175. The molecule has 2 aromatic rings. The van der Waals surface area contributed by atoms with Gasteiger partial charge in [-0.05, 0) is 36.6 Å². The van der Waals surface area contributed by atoms with Gasteiger partial charge in [0.2, 0.25) is 5.76 Å². The fourth-order valence-corrected chi connectivity index (χ4v) is 2.53. The summed E-state index contributed by atoms with van der Waals surface area (Å²) in [5.74, 6) is 0.343. The number of benzene rings is 1. The van der Waals surface area contributed by atoms with E-state index in [0.29, 0.717) is 12.4 Å². The van der Waals surface area contributed by atoms with Gasteiger partial charge in [-0.25, -0.2) is 0 Å². The van der Waals surface area contributed by atoms with Gasteiger partial charge in [-0.15, -0.1) is 0 Å². The number of methoxy groups -OCH3 is 1. The van der Waals surface area contributed by atoms with E-state index in [1.54, 1.807) is 4.90 Å². The Labute approximate surface area is 117 Å². The van der Waals surface area contributed by atoms with Crippen LogP contribution < -0.4 is 9.64 Å². The average Bonchev–Trinajstić information content (AvgIpc) is 2.94. The number of fused-ring (bicyclic) bond motifs is 1. The molecule has 104 valence electrons. The topological polar surface area (TPSA) is 55.6 Å². The first-order chi connectivity index (χ1) is 9.69. The van der Waals surface area contributed by atoms with Crippen molar-refractivity contribution in [2.24, 2.45) is 0 Å². The van der Waals surface area contributed by atoms with Crippen molar-refractivity contribution in [3.05, 3.63) is 41.2 Å². The lowest BCUT2D eigenvalue weighted by Crippen LogP contribution is -2.35. The smallest absolute Gasteiger partial charge is 0.297 e. The molecule has 1 aliphatic rings. The predicted octanol–water partition coefficient (Wildman–Crippen LogP) is 2.58. The molecule has 5 heteroatoms. The van der Waals surface area contributed by atoms with E-state index in [1.165, 1.54) is 24.3 Å². The maximum absolute atomic E-state index is 12.5. The summed E-state index contributed by atoms with van der Waals surface area (Å²) in [4.78, 5) is 14.3. The van der Waals surface area contributed by atoms with Crippen LogP contribution in [-0.2, 0) is 6.42 Å². The minimum atomic E-state index is -0.175. The standard InChI is InChI=1S/C15H16N2O3/c1-10-5-6-12-11(8-10)4-3-7-17(12)15(18)13-9-14(19-2)16-20-13/h5-6,8-9H,3-4,7H2,1-2H3. The van der Waals surface area contributed by atoms with Crippen molar-refractivity contribution in [2.75, 3.05) is 18.6 Å². The second-order valence-corrected chi connectivity index (χ2v) is 4.93. The maximum atomic E-state index is 12.5. The van der Waals surface area contributed by atoms with Crippen molar-refractivity contribution in [3.8, 4) is 5.88 Å². The van der Waals surface area contributed by atoms with E-state index in [2.05, 4.69) is 18.1 Å². The molecule has 2 heterocycles. The first-order valence-corrected chi connectivity index (χ1v) is 6.61. The van der Waals surface area contributed by atoms with Crippen LogP contribution in [0.1, 0.15) is 28.1 Å². The Bertz CT molecular complexity index is 648. The predicted molar refractivity (Wildman–Crippen MR) is 74.2 cm³/mol. The molecule has 1 aromatic carbocycles. The van der Waals surface area contributed by atoms with Crippen molar-refractivity contribution < 1.29 is 14.1 Å². The van der Waals surface area contributed by atoms with Gasteiger partial charge in [-0.1, -0.05) is 17.7 Å². The van der Waals surface area contributed by atoms with E-state index in [1.807, 2.05) is 12.1 Å². The van der Waals surface area contributed by atoms with Gasteiger partial charge in [-0.3, -0.25) is 4.79 Å². The number of aryl methyl sites for hydroxylation is 2. The van der Waals surface area contributed by atoms with E-state index in [0.717, 1.165) is 18.5 Å². The highest BCUT2D eigenvalue weighted by Gasteiger charge is 2.26. The van der Waals surface area contributed by atoms with Crippen molar-refractivity contribution in [3.63, 3.8) is 0 Å². The Hall–Kier alpha value is -2.30. The van der Waals surface area contributed by atoms with Gasteiger partial charge in [0.05, 0.1) is 13.2 Å². The SMILES string of the molecule is COc1cc(C(=O)N2CCCc3cc(C)ccc32)on1. The Kier molecular flexibility index (Phi) is 3.18. The third-order valence-corrected chi connectivity index (χ3v) is 3.51. The fraction of sp³-hybridized carbons (Fsp3) is 0.333. The fourth-order valence-electron chi connectivity index (χ4n) is 2.53. The number of carbonyl (C=O) groups excluding carboxylic acids is 1. The normalized spacial score (nSPS) is 14.0. The molecule has 0 bridgehead atoms. The van der Waals surface area contributed by atoms with Gasteiger partial charge in [-0.2, -0.15) is 0 Å². The number of rotatable bonds is 2. The summed E-state index contributed by atoms with van der Waals surface area (Å²) >= 11 is 0. The van der Waals surface area contributed by atoms with E-state index in [9.17, 15) is 4.79 Å². The van der Waals surface area contributed by atoms with Gasteiger partial charge >= 0.3 is 0 Å². The molecule has 0 aliphatic carbocycles. The van der Waals surface area contributed by atoms with E-state index < -0.39 is 0 Å². The number of anilines is 1. The molecular formula is C15H16N2O3. The highest BCUT2D eigenvalue weighted by molar-refractivity contribution is 6.05. The Morgan fingerprint density at radius 3 is 3.00 bits per heavy atom. The number of carbonyl (C=O) groups is 1. The molecule has 1 aliphatic heterocycles. The third-order valence-electron chi connectivity index (χ3n) is 3.51. The molecule has 0 saturated carbocycles. The molecule has 0 N–H and O–H groups in total. The maximum Gasteiger partial charge on any atom is 0.297 e. The van der Waals surface area contributed by atoms with Crippen molar-refractivity contribution in [1.29, 1.82) is 0 Å². The molecule has 1 aromatic heterocycles. The third kappa shape index (κ3) is 2.15.